The molecular formula is C28H28ClN3O4S. The van der Waals surface area contributed by atoms with Gasteiger partial charge in [-0.05, 0) is 29.3 Å². The Morgan fingerprint density at radius 2 is 1.97 bits per heavy atom. The zero-order chi connectivity index (χ0) is 25.9. The van der Waals surface area contributed by atoms with Gasteiger partial charge in [0.25, 0.3) is 5.91 Å². The third-order valence-electron chi connectivity index (χ3n) is 6.65. The first kappa shape index (κ1) is 25.6. The number of pyridine rings is 1. The Morgan fingerprint density at radius 1 is 1.22 bits per heavy atom. The number of benzene rings is 2. The van der Waals surface area contributed by atoms with Crippen molar-refractivity contribution in [2.45, 2.75) is 25.2 Å². The molecule has 1 aliphatic rings. The Morgan fingerprint density at radius 3 is 2.73 bits per heavy atom. The quantitative estimate of drug-likeness (QED) is 0.370. The molecule has 4 aromatic rings. The fourth-order valence-electron chi connectivity index (χ4n) is 4.65. The van der Waals surface area contributed by atoms with E-state index >= 15 is 0 Å². The number of aryl methyl sites for hydroxylation is 1. The van der Waals surface area contributed by atoms with Crippen LogP contribution in [0.4, 0.5) is 0 Å². The summed E-state index contributed by atoms with van der Waals surface area (Å²) < 4.78 is 7.52. The standard InChI is InChI=1S/C28H28ClN3O4S/c1-31-16-23(27(35)30-14-18-7-9-20(29)10-8-18)26(34)22-13-21(37-28(22)31)15-32-11-12-36-17-24(32)25(33)19-5-3-2-4-6-19/h2-10,13,16,24-25,33H,11-12,14-15,17H2,1H3,(H,30,35)/t24-,25+/m1/s1. The van der Waals surface area contributed by atoms with Gasteiger partial charge in [0.05, 0.1) is 30.7 Å². The molecule has 3 heterocycles. The SMILES string of the molecule is Cn1cc(C(=O)NCc2ccc(Cl)cc2)c(=O)c2cc(CN3CCOC[C@@H]3[C@@H](O)c3ccccc3)sc21. The zero-order valence-corrected chi connectivity index (χ0v) is 22.0. The fourth-order valence-corrected chi connectivity index (χ4v) is 5.89. The van der Waals surface area contributed by atoms with Crippen LogP contribution in [0.5, 0.6) is 0 Å². The zero-order valence-electron chi connectivity index (χ0n) is 20.4. The molecule has 37 heavy (non-hydrogen) atoms. The molecule has 9 heteroatoms. The molecule has 1 aliphatic heterocycles. The number of nitrogens with one attached hydrogen (secondary N) is 1. The second-order valence-electron chi connectivity index (χ2n) is 9.19. The molecule has 0 aliphatic carbocycles. The number of hydrogen-bond acceptors (Lipinski definition) is 6. The highest BCUT2D eigenvalue weighted by Crippen LogP contribution is 2.29. The highest BCUT2D eigenvalue weighted by Gasteiger charge is 2.31. The number of nitrogens with zero attached hydrogens (tertiary/aromatic N) is 2. The molecule has 2 aromatic heterocycles. The smallest absolute Gasteiger partial charge is 0.257 e. The average molecular weight is 538 g/mol. The molecule has 5 rings (SSSR count). The van der Waals surface area contributed by atoms with Gasteiger partial charge in [0, 0.05) is 42.8 Å². The fraction of sp³-hybridized carbons (Fsp3) is 0.286. The van der Waals surface area contributed by atoms with Crippen LogP contribution in [0.15, 0.2) is 71.7 Å². The van der Waals surface area contributed by atoms with Crippen molar-refractivity contribution in [3.8, 4) is 0 Å². The summed E-state index contributed by atoms with van der Waals surface area (Å²) in [4.78, 5) is 30.2. The van der Waals surface area contributed by atoms with Gasteiger partial charge in [-0.1, -0.05) is 54.1 Å². The summed E-state index contributed by atoms with van der Waals surface area (Å²) in [6.07, 6.45) is 0.914. The Labute approximate surface area is 223 Å². The number of fused-ring (bicyclic) bond motifs is 1. The van der Waals surface area contributed by atoms with Crippen molar-refractivity contribution in [2.24, 2.45) is 7.05 Å². The molecule has 2 aromatic carbocycles. The first-order valence-electron chi connectivity index (χ1n) is 12.1. The number of rotatable bonds is 7. The summed E-state index contributed by atoms with van der Waals surface area (Å²) in [5, 5.41) is 15.0. The van der Waals surface area contributed by atoms with E-state index in [-0.39, 0.29) is 17.0 Å². The summed E-state index contributed by atoms with van der Waals surface area (Å²) in [6.45, 7) is 2.57. The maximum Gasteiger partial charge on any atom is 0.257 e. The lowest BCUT2D eigenvalue weighted by atomic mass is 10.0. The van der Waals surface area contributed by atoms with Gasteiger partial charge >= 0.3 is 0 Å². The topological polar surface area (TPSA) is 83.8 Å². The lowest BCUT2D eigenvalue weighted by molar-refractivity contribution is -0.0629. The van der Waals surface area contributed by atoms with Gasteiger partial charge in [-0.3, -0.25) is 14.5 Å². The highest BCUT2D eigenvalue weighted by atomic mass is 35.5. The van der Waals surface area contributed by atoms with E-state index in [1.807, 2.05) is 60.1 Å². The van der Waals surface area contributed by atoms with Crippen molar-refractivity contribution in [3.05, 3.63) is 104 Å². The second-order valence-corrected chi connectivity index (χ2v) is 10.7. The molecule has 0 saturated carbocycles. The maximum absolute atomic E-state index is 13.3. The average Bonchev–Trinajstić information content (AvgIpc) is 3.35. The number of morpholine rings is 1. The molecular weight excluding hydrogens is 510 g/mol. The largest absolute Gasteiger partial charge is 0.387 e. The van der Waals surface area contributed by atoms with E-state index in [0.29, 0.717) is 43.3 Å². The second kappa shape index (κ2) is 11.2. The van der Waals surface area contributed by atoms with Crippen LogP contribution in [0.2, 0.25) is 5.02 Å². The van der Waals surface area contributed by atoms with E-state index in [1.54, 1.807) is 18.3 Å². The molecule has 7 nitrogen and oxygen atoms in total. The molecule has 2 N–H and O–H groups in total. The number of thiophene rings is 1. The van der Waals surface area contributed by atoms with E-state index in [1.165, 1.54) is 11.3 Å². The third-order valence-corrected chi connectivity index (χ3v) is 8.11. The first-order chi connectivity index (χ1) is 17.9. The molecule has 0 spiro atoms. The lowest BCUT2D eigenvalue weighted by Gasteiger charge is -2.38. The number of halogens is 1. The molecule has 1 fully saturated rings. The molecule has 1 saturated heterocycles. The monoisotopic (exact) mass is 537 g/mol. The summed E-state index contributed by atoms with van der Waals surface area (Å²) in [7, 11) is 1.84. The number of carbonyl (C=O) groups is 1. The molecule has 0 bridgehead atoms. The van der Waals surface area contributed by atoms with E-state index < -0.39 is 12.0 Å². The normalized spacial score (nSPS) is 17.1. The van der Waals surface area contributed by atoms with Gasteiger partial charge in [0.1, 0.15) is 10.4 Å². The van der Waals surface area contributed by atoms with Crippen LogP contribution in [-0.2, 0) is 24.9 Å². The number of aliphatic hydroxyl groups is 1. The number of hydrogen-bond donors (Lipinski definition) is 2. The molecule has 192 valence electrons. The van der Waals surface area contributed by atoms with Crippen LogP contribution in [0.25, 0.3) is 10.2 Å². The Balaban J connectivity index is 1.36. The number of carbonyl (C=O) groups excluding carboxylic acids is 1. The lowest BCUT2D eigenvalue weighted by Crippen LogP contribution is -2.48. The van der Waals surface area contributed by atoms with Gasteiger partial charge in [-0.25, -0.2) is 0 Å². The summed E-state index contributed by atoms with van der Waals surface area (Å²) in [5.41, 5.74) is 1.57. The van der Waals surface area contributed by atoms with Crippen molar-refractivity contribution in [3.63, 3.8) is 0 Å². The van der Waals surface area contributed by atoms with E-state index in [9.17, 15) is 14.7 Å². The van der Waals surface area contributed by atoms with Crippen LogP contribution in [-0.4, -0.2) is 46.3 Å². The summed E-state index contributed by atoms with van der Waals surface area (Å²) in [5.74, 6) is -0.413. The van der Waals surface area contributed by atoms with Gasteiger partial charge in [-0.2, -0.15) is 0 Å². The minimum absolute atomic E-state index is 0.108. The first-order valence-corrected chi connectivity index (χ1v) is 13.3. The molecule has 0 radical (unpaired) electrons. The van der Waals surface area contributed by atoms with Crippen molar-refractivity contribution in [1.82, 2.24) is 14.8 Å². The van der Waals surface area contributed by atoms with Gasteiger partial charge in [-0.15, -0.1) is 11.3 Å². The highest BCUT2D eigenvalue weighted by molar-refractivity contribution is 7.18. The molecule has 0 unspecified atom stereocenters. The van der Waals surface area contributed by atoms with E-state index in [0.717, 1.165) is 20.8 Å². The summed E-state index contributed by atoms with van der Waals surface area (Å²) in [6, 6.07) is 18.5. The van der Waals surface area contributed by atoms with Crippen molar-refractivity contribution >= 4 is 39.1 Å². The van der Waals surface area contributed by atoms with Crippen LogP contribution in [0.3, 0.4) is 0 Å². The van der Waals surface area contributed by atoms with Crippen LogP contribution >= 0.6 is 22.9 Å². The van der Waals surface area contributed by atoms with E-state index in [4.69, 9.17) is 16.3 Å². The van der Waals surface area contributed by atoms with Crippen LogP contribution in [0.1, 0.15) is 32.5 Å². The minimum atomic E-state index is -0.682. The molecule has 2 atom stereocenters. The number of aromatic nitrogens is 1. The number of amides is 1. The van der Waals surface area contributed by atoms with Crippen molar-refractivity contribution in [1.29, 1.82) is 0 Å². The summed E-state index contributed by atoms with van der Waals surface area (Å²) >= 11 is 7.45. The van der Waals surface area contributed by atoms with Crippen molar-refractivity contribution < 1.29 is 14.6 Å². The Bertz CT molecular complexity index is 1450. The van der Waals surface area contributed by atoms with Gasteiger partial charge < -0.3 is 19.7 Å². The van der Waals surface area contributed by atoms with E-state index in [2.05, 4.69) is 10.2 Å². The third kappa shape index (κ3) is 5.63. The van der Waals surface area contributed by atoms with Gasteiger partial charge in [0.15, 0.2) is 0 Å². The number of aliphatic hydroxyl groups excluding tert-OH is 1. The maximum atomic E-state index is 13.3. The predicted molar refractivity (Wildman–Crippen MR) is 146 cm³/mol. The molecule has 1 amide bonds. The van der Waals surface area contributed by atoms with Crippen molar-refractivity contribution in [2.75, 3.05) is 19.8 Å². The van der Waals surface area contributed by atoms with Crippen LogP contribution in [0, 0.1) is 0 Å². The predicted octanol–water partition coefficient (Wildman–Crippen LogP) is 4.12. The van der Waals surface area contributed by atoms with Gasteiger partial charge in [0.2, 0.25) is 5.43 Å². The van der Waals surface area contributed by atoms with Crippen LogP contribution < -0.4 is 10.7 Å². The Hall–Kier alpha value is -3.01. The number of ether oxygens (including phenoxy) is 1. The Kier molecular flexibility index (Phi) is 7.73. The minimum Gasteiger partial charge on any atom is -0.387 e.